The topological polar surface area (TPSA) is 51.6 Å². The molecule has 1 saturated heterocycles. The normalized spacial score (nSPS) is 17.3. The van der Waals surface area contributed by atoms with Crippen molar-refractivity contribution in [3.05, 3.63) is 60.3 Å². The van der Waals surface area contributed by atoms with Gasteiger partial charge in [-0.3, -0.25) is 4.90 Å². The minimum absolute atomic E-state index is 0.489. The second kappa shape index (κ2) is 8.68. The Hall–Kier alpha value is -2.83. The lowest BCUT2D eigenvalue weighted by molar-refractivity contribution is 0.200. The zero-order valence-electron chi connectivity index (χ0n) is 17.3. The fourth-order valence-electron chi connectivity index (χ4n) is 3.86. The number of hydrogen-bond acceptors (Lipinski definition) is 5. The molecule has 2 aromatic carbocycles. The Morgan fingerprint density at radius 1 is 1.10 bits per heavy atom. The maximum Gasteiger partial charge on any atom is 0.128 e. The maximum absolute atomic E-state index is 5.65. The molecule has 1 unspecified atom stereocenters. The van der Waals surface area contributed by atoms with Gasteiger partial charge in [0.15, 0.2) is 0 Å². The van der Waals surface area contributed by atoms with Crippen LogP contribution in [0.1, 0.15) is 12.5 Å². The minimum atomic E-state index is 0.489. The van der Waals surface area contributed by atoms with Crippen LogP contribution >= 0.6 is 0 Å². The summed E-state index contributed by atoms with van der Waals surface area (Å²) >= 11 is 0. The predicted octanol–water partition coefficient (Wildman–Crippen LogP) is 3.35. The van der Waals surface area contributed by atoms with Gasteiger partial charge in [0, 0.05) is 49.5 Å². The van der Waals surface area contributed by atoms with Crippen molar-refractivity contribution in [2.45, 2.75) is 19.5 Å². The lowest BCUT2D eigenvalue weighted by Crippen LogP contribution is -2.48. The Morgan fingerprint density at radius 3 is 2.66 bits per heavy atom. The first-order valence-electron chi connectivity index (χ1n) is 10.00. The largest absolute Gasteiger partial charge is 0.497 e. The van der Waals surface area contributed by atoms with Crippen LogP contribution in [0.2, 0.25) is 0 Å². The molecule has 2 heterocycles. The van der Waals surface area contributed by atoms with Crippen molar-refractivity contribution in [3.63, 3.8) is 0 Å². The van der Waals surface area contributed by atoms with Gasteiger partial charge in [-0.2, -0.15) is 5.10 Å². The van der Waals surface area contributed by atoms with Gasteiger partial charge in [0.2, 0.25) is 0 Å². The zero-order valence-corrected chi connectivity index (χ0v) is 17.3. The number of aromatic nitrogens is 2. The highest BCUT2D eigenvalue weighted by Crippen LogP contribution is 2.35. The Kier molecular flexibility index (Phi) is 5.83. The standard InChI is InChI=1S/C23H28N4O2/c1-17-14-26(12-11-24-17)15-18-16-27(19-7-5-4-6-8-19)25-23(18)21-13-20(28-2)9-10-22(21)29-3/h4-10,13,16-17,24H,11-12,14-15H2,1-3H3. The molecule has 0 aliphatic carbocycles. The summed E-state index contributed by atoms with van der Waals surface area (Å²) in [5, 5.41) is 8.47. The third-order valence-corrected chi connectivity index (χ3v) is 5.32. The molecule has 0 radical (unpaired) electrons. The number of methoxy groups -OCH3 is 2. The van der Waals surface area contributed by atoms with Crippen molar-refractivity contribution in [2.24, 2.45) is 0 Å². The molecule has 3 aromatic rings. The van der Waals surface area contributed by atoms with Crippen LogP contribution in [-0.2, 0) is 6.54 Å². The highest BCUT2D eigenvalue weighted by atomic mass is 16.5. The second-order valence-corrected chi connectivity index (χ2v) is 7.44. The number of benzene rings is 2. The lowest BCUT2D eigenvalue weighted by Gasteiger charge is -2.31. The molecule has 1 aliphatic heterocycles. The minimum Gasteiger partial charge on any atom is -0.497 e. The number of hydrogen-bond donors (Lipinski definition) is 1. The molecule has 0 amide bonds. The van der Waals surface area contributed by atoms with E-state index < -0.39 is 0 Å². The van der Waals surface area contributed by atoms with E-state index in [1.807, 2.05) is 41.1 Å². The quantitative estimate of drug-likeness (QED) is 0.697. The van der Waals surface area contributed by atoms with Crippen LogP contribution < -0.4 is 14.8 Å². The van der Waals surface area contributed by atoms with Gasteiger partial charge in [0.25, 0.3) is 0 Å². The van der Waals surface area contributed by atoms with Gasteiger partial charge < -0.3 is 14.8 Å². The first-order chi connectivity index (χ1) is 14.2. The third-order valence-electron chi connectivity index (χ3n) is 5.32. The highest BCUT2D eigenvalue weighted by Gasteiger charge is 2.21. The summed E-state index contributed by atoms with van der Waals surface area (Å²) in [5.41, 5.74) is 4.08. The molecular formula is C23H28N4O2. The van der Waals surface area contributed by atoms with E-state index in [0.29, 0.717) is 6.04 Å². The van der Waals surface area contributed by atoms with Crippen LogP contribution in [-0.4, -0.2) is 54.6 Å². The van der Waals surface area contributed by atoms with E-state index in [0.717, 1.165) is 54.6 Å². The van der Waals surface area contributed by atoms with Gasteiger partial charge in [0.1, 0.15) is 17.2 Å². The molecule has 0 bridgehead atoms. The van der Waals surface area contributed by atoms with E-state index in [4.69, 9.17) is 14.6 Å². The fraction of sp³-hybridized carbons (Fsp3) is 0.348. The van der Waals surface area contributed by atoms with Crippen molar-refractivity contribution < 1.29 is 9.47 Å². The SMILES string of the molecule is COc1ccc(OC)c(-c2nn(-c3ccccc3)cc2CN2CCNC(C)C2)c1. The summed E-state index contributed by atoms with van der Waals surface area (Å²) in [6.45, 7) is 6.12. The summed E-state index contributed by atoms with van der Waals surface area (Å²) in [6, 6.07) is 16.5. The van der Waals surface area contributed by atoms with E-state index in [9.17, 15) is 0 Å². The highest BCUT2D eigenvalue weighted by molar-refractivity contribution is 5.72. The van der Waals surface area contributed by atoms with E-state index in [1.54, 1.807) is 14.2 Å². The average molecular weight is 393 g/mol. The number of para-hydroxylation sites is 1. The average Bonchev–Trinajstić information content (AvgIpc) is 3.17. The van der Waals surface area contributed by atoms with Gasteiger partial charge in [-0.05, 0) is 37.3 Å². The monoisotopic (exact) mass is 392 g/mol. The number of nitrogens with zero attached hydrogens (tertiary/aromatic N) is 3. The summed E-state index contributed by atoms with van der Waals surface area (Å²) in [7, 11) is 3.37. The molecule has 4 rings (SSSR count). The molecule has 6 nitrogen and oxygen atoms in total. The first-order valence-corrected chi connectivity index (χ1v) is 10.00. The van der Waals surface area contributed by atoms with Crippen LogP contribution in [0.4, 0.5) is 0 Å². The Morgan fingerprint density at radius 2 is 1.93 bits per heavy atom. The van der Waals surface area contributed by atoms with Crippen molar-refractivity contribution in [3.8, 4) is 28.4 Å². The van der Waals surface area contributed by atoms with Crippen molar-refractivity contribution >= 4 is 0 Å². The van der Waals surface area contributed by atoms with Crippen molar-refractivity contribution in [2.75, 3.05) is 33.9 Å². The second-order valence-electron chi connectivity index (χ2n) is 7.44. The van der Waals surface area contributed by atoms with Crippen molar-refractivity contribution in [1.29, 1.82) is 0 Å². The van der Waals surface area contributed by atoms with E-state index in [1.165, 1.54) is 5.56 Å². The molecule has 29 heavy (non-hydrogen) atoms. The summed E-state index contributed by atoms with van der Waals surface area (Å²) in [5.74, 6) is 1.58. The summed E-state index contributed by atoms with van der Waals surface area (Å²) < 4.78 is 13.1. The van der Waals surface area contributed by atoms with Gasteiger partial charge in [0.05, 0.1) is 19.9 Å². The van der Waals surface area contributed by atoms with E-state index in [-0.39, 0.29) is 0 Å². The molecule has 1 fully saturated rings. The van der Waals surface area contributed by atoms with Gasteiger partial charge >= 0.3 is 0 Å². The molecule has 1 aliphatic rings. The van der Waals surface area contributed by atoms with E-state index in [2.05, 4.69) is 35.5 Å². The van der Waals surface area contributed by atoms with Crippen LogP contribution in [0, 0.1) is 0 Å². The van der Waals surface area contributed by atoms with Crippen LogP contribution in [0.5, 0.6) is 11.5 Å². The molecule has 6 heteroatoms. The Bertz CT molecular complexity index is 955. The molecule has 1 atom stereocenters. The molecule has 0 saturated carbocycles. The van der Waals surface area contributed by atoms with Crippen LogP contribution in [0.25, 0.3) is 16.9 Å². The van der Waals surface area contributed by atoms with Gasteiger partial charge in [-0.25, -0.2) is 4.68 Å². The smallest absolute Gasteiger partial charge is 0.128 e. The third kappa shape index (κ3) is 4.28. The molecule has 1 N–H and O–H groups in total. The van der Waals surface area contributed by atoms with E-state index >= 15 is 0 Å². The summed E-state index contributed by atoms with van der Waals surface area (Å²) in [4.78, 5) is 2.48. The zero-order chi connectivity index (χ0) is 20.2. The van der Waals surface area contributed by atoms with Crippen LogP contribution in [0.15, 0.2) is 54.7 Å². The van der Waals surface area contributed by atoms with Gasteiger partial charge in [-0.1, -0.05) is 18.2 Å². The van der Waals surface area contributed by atoms with Crippen LogP contribution in [0.3, 0.4) is 0 Å². The molecular weight excluding hydrogens is 364 g/mol. The summed E-state index contributed by atoms with van der Waals surface area (Å²) in [6.07, 6.45) is 2.14. The fourth-order valence-corrected chi connectivity index (χ4v) is 3.86. The molecule has 0 spiro atoms. The number of nitrogens with one attached hydrogen (secondary N) is 1. The maximum atomic E-state index is 5.65. The number of ether oxygens (including phenoxy) is 2. The van der Waals surface area contributed by atoms with Gasteiger partial charge in [-0.15, -0.1) is 0 Å². The lowest BCUT2D eigenvalue weighted by atomic mass is 10.1. The first kappa shape index (κ1) is 19.5. The predicted molar refractivity (Wildman–Crippen MR) is 115 cm³/mol. The van der Waals surface area contributed by atoms with Crippen molar-refractivity contribution in [1.82, 2.24) is 20.0 Å². The Balaban J connectivity index is 1.78. The number of piperazine rings is 1. The molecule has 1 aromatic heterocycles. The number of rotatable bonds is 6. The Labute approximate surface area is 172 Å². The molecule has 152 valence electrons.